The quantitative estimate of drug-likeness (QED) is 0.793. The molecule has 1 aliphatic rings. The van der Waals surface area contributed by atoms with Crippen molar-refractivity contribution in [3.8, 4) is 5.75 Å². The Balaban J connectivity index is 1.83. The summed E-state index contributed by atoms with van der Waals surface area (Å²) in [7, 11) is 0. The molecule has 2 aromatic carbocycles. The molecule has 1 amide bonds. The van der Waals surface area contributed by atoms with Crippen LogP contribution in [0.1, 0.15) is 12.0 Å². The van der Waals surface area contributed by atoms with Crippen molar-refractivity contribution in [1.82, 2.24) is 0 Å². The number of hydrogen-bond acceptors (Lipinski definition) is 4. The number of carbonyl (C=O) groups is 2. The van der Waals surface area contributed by atoms with E-state index in [2.05, 4.69) is 0 Å². The van der Waals surface area contributed by atoms with Crippen molar-refractivity contribution in [3.05, 3.63) is 60.2 Å². The minimum atomic E-state index is -0.599. The molecule has 124 valence electrons. The normalized spacial score (nSPS) is 16.5. The van der Waals surface area contributed by atoms with Gasteiger partial charge in [0.2, 0.25) is 0 Å². The molecule has 0 aromatic heterocycles. The van der Waals surface area contributed by atoms with E-state index in [4.69, 9.17) is 9.47 Å². The number of anilines is 1. The number of carbonyl (C=O) groups excluding carboxylic acids is 2. The van der Waals surface area contributed by atoms with E-state index in [1.54, 1.807) is 12.1 Å². The van der Waals surface area contributed by atoms with Gasteiger partial charge in [-0.25, -0.2) is 4.79 Å². The molecule has 0 bridgehead atoms. The minimum Gasteiger partial charge on any atom is -0.484 e. The van der Waals surface area contributed by atoms with Gasteiger partial charge in [-0.15, -0.1) is 0 Å². The minimum absolute atomic E-state index is 0.137. The van der Waals surface area contributed by atoms with E-state index in [-0.39, 0.29) is 18.5 Å². The van der Waals surface area contributed by atoms with Crippen molar-refractivity contribution < 1.29 is 19.1 Å². The van der Waals surface area contributed by atoms with Crippen LogP contribution < -0.4 is 9.64 Å². The van der Waals surface area contributed by atoms with E-state index in [0.717, 1.165) is 5.56 Å². The summed E-state index contributed by atoms with van der Waals surface area (Å²) < 4.78 is 10.6. The Morgan fingerprint density at radius 1 is 1.17 bits per heavy atom. The van der Waals surface area contributed by atoms with Gasteiger partial charge in [0.15, 0.2) is 6.61 Å². The third-order valence-corrected chi connectivity index (χ3v) is 3.97. The molecule has 1 unspecified atom stereocenters. The van der Waals surface area contributed by atoms with Gasteiger partial charge in [0.05, 0.1) is 6.61 Å². The first-order valence-electron chi connectivity index (χ1n) is 7.89. The third kappa shape index (κ3) is 3.40. The number of ether oxygens (including phenoxy) is 2. The second kappa shape index (κ2) is 7.17. The molecule has 1 saturated heterocycles. The lowest BCUT2D eigenvalue weighted by atomic mass is 10.1. The first-order valence-corrected chi connectivity index (χ1v) is 7.89. The average Bonchev–Trinajstić information content (AvgIpc) is 3.02. The van der Waals surface area contributed by atoms with Crippen molar-refractivity contribution in [3.63, 3.8) is 0 Å². The second-order valence-corrected chi connectivity index (χ2v) is 5.62. The Morgan fingerprint density at radius 2 is 1.88 bits per heavy atom. The fraction of sp³-hybridized carbons (Fsp3) is 0.263. The van der Waals surface area contributed by atoms with Crippen LogP contribution in [0.2, 0.25) is 0 Å². The Hall–Kier alpha value is -2.82. The maximum atomic E-state index is 12.8. The number of hydrogen-bond donors (Lipinski definition) is 0. The van der Waals surface area contributed by atoms with E-state index in [0.29, 0.717) is 24.5 Å². The molecule has 1 heterocycles. The van der Waals surface area contributed by atoms with E-state index in [1.165, 1.54) is 4.90 Å². The molecule has 24 heavy (non-hydrogen) atoms. The van der Waals surface area contributed by atoms with Gasteiger partial charge in [0.25, 0.3) is 5.91 Å². The molecule has 0 saturated carbocycles. The van der Waals surface area contributed by atoms with Gasteiger partial charge in [-0.05, 0) is 30.7 Å². The summed E-state index contributed by atoms with van der Waals surface area (Å²) in [5.74, 6) is -0.0205. The third-order valence-electron chi connectivity index (χ3n) is 3.97. The fourth-order valence-electron chi connectivity index (χ4n) is 2.76. The molecule has 5 nitrogen and oxygen atoms in total. The molecule has 0 N–H and O–H groups in total. The SMILES string of the molecule is Cc1ccccc1N(C(=O)COc1ccccc1)C1CCOC1=O. The highest BCUT2D eigenvalue weighted by Crippen LogP contribution is 2.26. The van der Waals surface area contributed by atoms with Crippen molar-refractivity contribution in [2.24, 2.45) is 0 Å². The summed E-state index contributed by atoms with van der Waals surface area (Å²) in [6, 6.07) is 16.0. The lowest BCUT2D eigenvalue weighted by Gasteiger charge is -2.28. The zero-order valence-electron chi connectivity index (χ0n) is 13.5. The number of rotatable bonds is 5. The predicted octanol–water partition coefficient (Wildman–Crippen LogP) is 2.72. The molecule has 1 atom stereocenters. The van der Waals surface area contributed by atoms with Crippen molar-refractivity contribution in [1.29, 1.82) is 0 Å². The topological polar surface area (TPSA) is 55.8 Å². The van der Waals surface area contributed by atoms with Crippen LogP contribution >= 0.6 is 0 Å². The molecule has 1 fully saturated rings. The molecule has 3 rings (SSSR count). The van der Waals surface area contributed by atoms with Gasteiger partial charge >= 0.3 is 5.97 Å². The van der Waals surface area contributed by atoms with E-state index in [1.807, 2.05) is 49.4 Å². The van der Waals surface area contributed by atoms with Gasteiger partial charge in [0, 0.05) is 12.1 Å². The molecule has 0 radical (unpaired) electrons. The maximum Gasteiger partial charge on any atom is 0.329 e. The van der Waals surface area contributed by atoms with Crippen LogP contribution in [0, 0.1) is 6.92 Å². The first kappa shape index (κ1) is 16.1. The smallest absolute Gasteiger partial charge is 0.329 e. The van der Waals surface area contributed by atoms with Crippen LogP contribution in [0.15, 0.2) is 54.6 Å². The van der Waals surface area contributed by atoms with Crippen LogP contribution in [-0.2, 0) is 14.3 Å². The molecule has 0 aliphatic carbocycles. The number of aryl methyl sites for hydroxylation is 1. The second-order valence-electron chi connectivity index (χ2n) is 5.62. The van der Waals surface area contributed by atoms with Crippen molar-refractivity contribution in [2.45, 2.75) is 19.4 Å². The summed E-state index contributed by atoms with van der Waals surface area (Å²) >= 11 is 0. The average molecular weight is 325 g/mol. The highest BCUT2D eigenvalue weighted by atomic mass is 16.5. The van der Waals surface area contributed by atoms with Crippen molar-refractivity contribution >= 4 is 17.6 Å². The predicted molar refractivity (Wildman–Crippen MR) is 90.0 cm³/mol. The van der Waals surface area contributed by atoms with Crippen LogP contribution in [0.3, 0.4) is 0 Å². The zero-order chi connectivity index (χ0) is 16.9. The maximum absolute atomic E-state index is 12.8. The van der Waals surface area contributed by atoms with Crippen LogP contribution in [-0.4, -0.2) is 31.1 Å². The Bertz CT molecular complexity index is 729. The largest absolute Gasteiger partial charge is 0.484 e. The fourth-order valence-corrected chi connectivity index (χ4v) is 2.76. The van der Waals surface area contributed by atoms with E-state index < -0.39 is 6.04 Å². The molecule has 2 aromatic rings. The van der Waals surface area contributed by atoms with Gasteiger partial charge in [0.1, 0.15) is 11.8 Å². The number of benzene rings is 2. The van der Waals surface area contributed by atoms with E-state index >= 15 is 0 Å². The summed E-state index contributed by atoms with van der Waals surface area (Å²) in [6.07, 6.45) is 0.490. The summed E-state index contributed by atoms with van der Waals surface area (Å²) in [5, 5.41) is 0. The highest BCUT2D eigenvalue weighted by Gasteiger charge is 2.36. The molecule has 1 aliphatic heterocycles. The highest BCUT2D eigenvalue weighted by molar-refractivity contribution is 6.01. The lowest BCUT2D eigenvalue weighted by molar-refractivity contribution is -0.140. The Morgan fingerprint density at radius 3 is 2.54 bits per heavy atom. The van der Waals surface area contributed by atoms with Gasteiger partial charge in [-0.3, -0.25) is 9.69 Å². The van der Waals surface area contributed by atoms with Gasteiger partial charge in [-0.1, -0.05) is 36.4 Å². The standard InChI is InChI=1S/C19H19NO4/c1-14-7-5-6-10-16(14)20(17-11-12-23-19(17)22)18(21)13-24-15-8-3-2-4-9-15/h2-10,17H,11-13H2,1H3. The number of nitrogens with zero attached hydrogens (tertiary/aromatic N) is 1. The molecular formula is C19H19NO4. The van der Waals surface area contributed by atoms with E-state index in [9.17, 15) is 9.59 Å². The number of cyclic esters (lactones) is 1. The monoisotopic (exact) mass is 325 g/mol. The van der Waals surface area contributed by atoms with Gasteiger partial charge < -0.3 is 9.47 Å². The summed E-state index contributed by atoms with van der Waals surface area (Å²) in [4.78, 5) is 26.3. The lowest BCUT2D eigenvalue weighted by Crippen LogP contribution is -2.45. The number of para-hydroxylation sites is 2. The molecule has 5 heteroatoms. The Kier molecular flexibility index (Phi) is 4.79. The summed E-state index contributed by atoms with van der Waals surface area (Å²) in [6.45, 7) is 2.11. The van der Waals surface area contributed by atoms with Gasteiger partial charge in [-0.2, -0.15) is 0 Å². The van der Waals surface area contributed by atoms with Crippen LogP contribution in [0.4, 0.5) is 5.69 Å². The number of amides is 1. The van der Waals surface area contributed by atoms with Crippen LogP contribution in [0.5, 0.6) is 5.75 Å². The Labute approximate surface area is 140 Å². The molecule has 0 spiro atoms. The summed E-state index contributed by atoms with van der Waals surface area (Å²) in [5.41, 5.74) is 1.63. The zero-order valence-corrected chi connectivity index (χ0v) is 13.5. The first-order chi connectivity index (χ1) is 11.7. The number of esters is 1. The van der Waals surface area contributed by atoms with Crippen LogP contribution in [0.25, 0.3) is 0 Å². The van der Waals surface area contributed by atoms with Crippen molar-refractivity contribution in [2.75, 3.05) is 18.1 Å². The molecular weight excluding hydrogens is 306 g/mol.